The van der Waals surface area contributed by atoms with Crippen molar-refractivity contribution in [3.63, 3.8) is 0 Å². The van der Waals surface area contributed by atoms with Gasteiger partial charge >= 0.3 is 0 Å². The van der Waals surface area contributed by atoms with Crippen molar-refractivity contribution in [1.29, 1.82) is 0 Å². The van der Waals surface area contributed by atoms with Gasteiger partial charge in [0.05, 0.1) is 0 Å². The van der Waals surface area contributed by atoms with Gasteiger partial charge in [-0.25, -0.2) is 0 Å². The summed E-state index contributed by atoms with van der Waals surface area (Å²) in [6, 6.07) is 8.03. The van der Waals surface area contributed by atoms with Crippen molar-refractivity contribution in [2.75, 3.05) is 6.54 Å². The zero-order valence-electron chi connectivity index (χ0n) is 11.1. The number of amides is 1. The molecular weight excluding hydrogens is 224 g/mol. The zero-order valence-corrected chi connectivity index (χ0v) is 11.1. The van der Waals surface area contributed by atoms with E-state index in [1.54, 1.807) is 0 Å². The van der Waals surface area contributed by atoms with Crippen molar-refractivity contribution in [2.24, 2.45) is 5.73 Å². The van der Waals surface area contributed by atoms with Crippen LogP contribution in [0.25, 0.3) is 0 Å². The van der Waals surface area contributed by atoms with Crippen LogP contribution in [0.15, 0.2) is 24.3 Å². The molecule has 3 heteroatoms. The van der Waals surface area contributed by atoms with E-state index >= 15 is 0 Å². The number of nitrogens with two attached hydrogens (primary N) is 1. The topological polar surface area (TPSA) is 46.3 Å². The van der Waals surface area contributed by atoms with Crippen LogP contribution >= 0.6 is 0 Å². The largest absolute Gasteiger partial charge is 0.336 e. The Kier molecular flexibility index (Phi) is 4.37. The molecule has 1 heterocycles. The van der Waals surface area contributed by atoms with Gasteiger partial charge in [0.15, 0.2) is 0 Å². The second-order valence-corrected chi connectivity index (χ2v) is 5.10. The van der Waals surface area contributed by atoms with E-state index in [1.807, 2.05) is 29.2 Å². The molecule has 98 valence electrons. The fourth-order valence-corrected chi connectivity index (χ4v) is 2.57. The third-order valence-corrected chi connectivity index (χ3v) is 3.72. The molecule has 0 saturated carbocycles. The highest BCUT2D eigenvalue weighted by molar-refractivity contribution is 5.94. The molecule has 1 aromatic rings. The van der Waals surface area contributed by atoms with Gasteiger partial charge in [0.1, 0.15) is 0 Å². The van der Waals surface area contributed by atoms with Crippen LogP contribution in [0, 0.1) is 0 Å². The van der Waals surface area contributed by atoms with Gasteiger partial charge in [-0.05, 0) is 37.5 Å². The lowest BCUT2D eigenvalue weighted by Crippen LogP contribution is -2.38. The van der Waals surface area contributed by atoms with E-state index < -0.39 is 0 Å². The second kappa shape index (κ2) is 6.01. The van der Waals surface area contributed by atoms with Crippen molar-refractivity contribution in [3.05, 3.63) is 35.4 Å². The summed E-state index contributed by atoms with van der Waals surface area (Å²) < 4.78 is 0. The van der Waals surface area contributed by atoms with E-state index in [1.165, 1.54) is 12.8 Å². The highest BCUT2D eigenvalue weighted by atomic mass is 16.2. The third-order valence-electron chi connectivity index (χ3n) is 3.72. The van der Waals surface area contributed by atoms with Gasteiger partial charge in [-0.3, -0.25) is 4.79 Å². The van der Waals surface area contributed by atoms with Gasteiger partial charge in [0, 0.05) is 24.7 Å². The number of nitrogens with zero attached hydrogens (tertiary/aromatic N) is 1. The molecule has 1 aromatic carbocycles. The predicted molar refractivity (Wildman–Crippen MR) is 73.3 cm³/mol. The van der Waals surface area contributed by atoms with Gasteiger partial charge in [-0.15, -0.1) is 0 Å². The molecule has 1 atom stereocenters. The SMILES string of the molecule is CC1CCCCCN1C(=O)c1cccc(CN)c1. The fraction of sp³-hybridized carbons (Fsp3) is 0.533. The number of hydrogen-bond acceptors (Lipinski definition) is 2. The average Bonchev–Trinajstić information content (AvgIpc) is 2.62. The standard InChI is InChI=1S/C15H22N2O/c1-12-6-3-2-4-9-17(12)15(18)14-8-5-7-13(10-14)11-16/h5,7-8,10,12H,2-4,6,9,11,16H2,1H3. The predicted octanol–water partition coefficient (Wildman–Crippen LogP) is 2.55. The van der Waals surface area contributed by atoms with Gasteiger partial charge in [-0.1, -0.05) is 25.0 Å². The Morgan fingerprint density at radius 3 is 3.00 bits per heavy atom. The molecule has 1 aliphatic rings. The number of hydrogen-bond donors (Lipinski definition) is 1. The summed E-state index contributed by atoms with van der Waals surface area (Å²) in [7, 11) is 0. The maximum absolute atomic E-state index is 12.5. The van der Waals surface area contributed by atoms with E-state index in [0.29, 0.717) is 12.6 Å². The summed E-state index contributed by atoms with van der Waals surface area (Å²) in [5.41, 5.74) is 7.41. The molecule has 1 saturated heterocycles. The van der Waals surface area contributed by atoms with Crippen molar-refractivity contribution in [3.8, 4) is 0 Å². The first-order valence-corrected chi connectivity index (χ1v) is 6.82. The van der Waals surface area contributed by atoms with Crippen molar-refractivity contribution in [1.82, 2.24) is 4.90 Å². The van der Waals surface area contributed by atoms with Crippen LogP contribution in [0.3, 0.4) is 0 Å². The van der Waals surface area contributed by atoms with Crippen molar-refractivity contribution < 1.29 is 4.79 Å². The van der Waals surface area contributed by atoms with Gasteiger partial charge in [-0.2, -0.15) is 0 Å². The highest BCUT2D eigenvalue weighted by Crippen LogP contribution is 2.19. The molecule has 0 spiro atoms. The molecule has 18 heavy (non-hydrogen) atoms. The first-order valence-electron chi connectivity index (χ1n) is 6.82. The summed E-state index contributed by atoms with van der Waals surface area (Å²) in [5, 5.41) is 0. The summed E-state index contributed by atoms with van der Waals surface area (Å²) in [6.07, 6.45) is 4.69. The molecule has 1 amide bonds. The number of carbonyl (C=O) groups is 1. The average molecular weight is 246 g/mol. The summed E-state index contributed by atoms with van der Waals surface area (Å²) in [6.45, 7) is 3.51. The van der Waals surface area contributed by atoms with Gasteiger partial charge in [0.25, 0.3) is 5.91 Å². The van der Waals surface area contributed by atoms with Gasteiger partial charge in [0.2, 0.25) is 0 Å². The minimum absolute atomic E-state index is 0.153. The van der Waals surface area contributed by atoms with E-state index in [0.717, 1.165) is 30.5 Å². The third kappa shape index (κ3) is 2.91. The Bertz CT molecular complexity index is 417. The number of rotatable bonds is 2. The van der Waals surface area contributed by atoms with Crippen molar-refractivity contribution in [2.45, 2.75) is 45.2 Å². The molecule has 0 aliphatic carbocycles. The Hall–Kier alpha value is -1.35. The highest BCUT2D eigenvalue weighted by Gasteiger charge is 2.22. The zero-order chi connectivity index (χ0) is 13.0. The lowest BCUT2D eigenvalue weighted by molar-refractivity contribution is 0.0698. The van der Waals surface area contributed by atoms with Crippen LogP contribution in [0.1, 0.15) is 48.5 Å². The quantitative estimate of drug-likeness (QED) is 0.871. The van der Waals surface area contributed by atoms with E-state index in [9.17, 15) is 4.79 Å². The summed E-state index contributed by atoms with van der Waals surface area (Å²) in [4.78, 5) is 14.5. The maximum Gasteiger partial charge on any atom is 0.254 e. The molecular formula is C15H22N2O. The van der Waals surface area contributed by atoms with E-state index in [-0.39, 0.29) is 5.91 Å². The monoisotopic (exact) mass is 246 g/mol. The molecule has 1 unspecified atom stereocenters. The second-order valence-electron chi connectivity index (χ2n) is 5.10. The molecule has 1 fully saturated rings. The Balaban J connectivity index is 2.18. The van der Waals surface area contributed by atoms with E-state index in [2.05, 4.69) is 6.92 Å². The van der Waals surface area contributed by atoms with Crippen LogP contribution in [-0.2, 0) is 6.54 Å². The number of benzene rings is 1. The van der Waals surface area contributed by atoms with Crippen LogP contribution in [0.5, 0.6) is 0 Å². The Labute approximate surface area is 109 Å². The van der Waals surface area contributed by atoms with Crippen molar-refractivity contribution >= 4 is 5.91 Å². The van der Waals surface area contributed by atoms with Crippen LogP contribution in [0.4, 0.5) is 0 Å². The molecule has 2 N–H and O–H groups in total. The smallest absolute Gasteiger partial charge is 0.254 e. The normalized spacial score (nSPS) is 20.6. The summed E-state index contributed by atoms with van der Waals surface area (Å²) in [5.74, 6) is 0.153. The molecule has 0 bridgehead atoms. The van der Waals surface area contributed by atoms with E-state index in [4.69, 9.17) is 5.73 Å². The first-order chi connectivity index (χ1) is 8.72. The lowest BCUT2D eigenvalue weighted by atomic mass is 10.1. The maximum atomic E-state index is 12.5. The molecule has 0 radical (unpaired) electrons. The lowest BCUT2D eigenvalue weighted by Gasteiger charge is -2.27. The Morgan fingerprint density at radius 1 is 1.39 bits per heavy atom. The summed E-state index contributed by atoms with van der Waals surface area (Å²) >= 11 is 0. The Morgan fingerprint density at radius 2 is 2.22 bits per heavy atom. The first kappa shape index (κ1) is 13.1. The van der Waals surface area contributed by atoms with Crippen LogP contribution < -0.4 is 5.73 Å². The van der Waals surface area contributed by atoms with Crippen LogP contribution in [-0.4, -0.2) is 23.4 Å². The number of likely N-dealkylation sites (tertiary alicyclic amines) is 1. The van der Waals surface area contributed by atoms with Gasteiger partial charge < -0.3 is 10.6 Å². The van der Waals surface area contributed by atoms with Crippen LogP contribution in [0.2, 0.25) is 0 Å². The molecule has 1 aliphatic heterocycles. The molecule has 2 rings (SSSR count). The molecule has 0 aromatic heterocycles. The molecule has 3 nitrogen and oxygen atoms in total. The fourth-order valence-electron chi connectivity index (χ4n) is 2.57. The minimum Gasteiger partial charge on any atom is -0.336 e. The minimum atomic E-state index is 0.153. The number of carbonyl (C=O) groups excluding carboxylic acids is 1.